The first-order valence-corrected chi connectivity index (χ1v) is 11.5. The molecule has 1 aliphatic rings. The molecule has 0 spiro atoms. The van der Waals surface area contributed by atoms with Crippen molar-refractivity contribution in [3.05, 3.63) is 88.2 Å². The molecule has 0 N–H and O–H groups in total. The minimum absolute atomic E-state index is 0.0847. The fourth-order valence-corrected chi connectivity index (χ4v) is 4.94. The van der Waals surface area contributed by atoms with Crippen LogP contribution in [0.15, 0.2) is 64.3 Å². The number of hydrogen-bond donors (Lipinski definition) is 0. The van der Waals surface area contributed by atoms with Crippen LogP contribution >= 0.6 is 0 Å². The van der Waals surface area contributed by atoms with Crippen LogP contribution < -0.4 is 10.5 Å². The summed E-state index contributed by atoms with van der Waals surface area (Å²) in [6.45, 7) is 4.14. The first-order valence-electron chi connectivity index (χ1n) is 11.5. The predicted molar refractivity (Wildman–Crippen MR) is 129 cm³/mol. The molecular weight excluding hydrogens is 447 g/mol. The van der Waals surface area contributed by atoms with Gasteiger partial charge in [-0.1, -0.05) is 19.1 Å². The second-order valence-corrected chi connectivity index (χ2v) is 8.72. The molecule has 9 heteroatoms. The fourth-order valence-electron chi connectivity index (χ4n) is 4.94. The minimum Gasteiger partial charge on any atom is -0.451 e. The molecule has 178 valence electrons. The Balaban J connectivity index is 1.53. The van der Waals surface area contributed by atoms with Crippen LogP contribution in [-0.2, 0) is 7.05 Å². The Kier molecular flexibility index (Phi) is 6.05. The van der Waals surface area contributed by atoms with E-state index >= 15 is 0 Å². The van der Waals surface area contributed by atoms with Gasteiger partial charge in [0, 0.05) is 38.8 Å². The highest BCUT2D eigenvalue weighted by atomic mass is 19.1. The molecule has 0 radical (unpaired) electrons. The van der Waals surface area contributed by atoms with E-state index < -0.39 is 0 Å². The topological polar surface area (TPSA) is 91.2 Å². The van der Waals surface area contributed by atoms with Gasteiger partial charge in [0.2, 0.25) is 0 Å². The smallest absolute Gasteiger partial charge is 0.252 e. The summed E-state index contributed by atoms with van der Waals surface area (Å²) in [5.41, 5.74) is 3.96. The van der Waals surface area contributed by atoms with Crippen molar-refractivity contribution in [3.8, 4) is 6.07 Å². The van der Waals surface area contributed by atoms with E-state index in [2.05, 4.69) is 32.8 Å². The van der Waals surface area contributed by atoms with E-state index in [-0.39, 0.29) is 23.5 Å². The monoisotopic (exact) mass is 472 g/mol. The molecule has 35 heavy (non-hydrogen) atoms. The summed E-state index contributed by atoms with van der Waals surface area (Å²) in [7, 11) is 1.71. The maximum atomic E-state index is 13.6. The van der Waals surface area contributed by atoms with Crippen LogP contribution in [0.3, 0.4) is 0 Å². The second kappa shape index (κ2) is 9.31. The zero-order valence-corrected chi connectivity index (χ0v) is 19.6. The molecule has 5 rings (SSSR count). The number of nitriles is 1. The summed E-state index contributed by atoms with van der Waals surface area (Å²) in [5, 5.41) is 9.39. The van der Waals surface area contributed by atoms with Gasteiger partial charge in [-0.2, -0.15) is 5.26 Å². The van der Waals surface area contributed by atoms with Crippen molar-refractivity contribution in [2.75, 3.05) is 24.5 Å². The standard InChI is InChI=1S/C26H25FN6O2/c1-3-20-14-32(26(21-15-35-16-29-21)17-4-6-18(27)7-5-17)10-11-33(20)23-12-24(34)31(2)22-9-8-19(13-28)30-25(22)23/h4-9,12,15-16,20,26H,3,10-11,14H2,1-2H3/t20-,26?/m0/s1. The molecule has 4 heterocycles. The summed E-state index contributed by atoms with van der Waals surface area (Å²) >= 11 is 0. The third-order valence-electron chi connectivity index (χ3n) is 6.76. The maximum Gasteiger partial charge on any atom is 0.252 e. The molecular formula is C26H25FN6O2. The van der Waals surface area contributed by atoms with Gasteiger partial charge in [-0.05, 0) is 36.2 Å². The normalized spacial score (nSPS) is 17.4. The lowest BCUT2D eigenvalue weighted by Crippen LogP contribution is -2.54. The molecule has 0 aliphatic carbocycles. The van der Waals surface area contributed by atoms with E-state index in [0.29, 0.717) is 36.4 Å². The zero-order valence-electron chi connectivity index (χ0n) is 19.6. The Bertz CT molecular complexity index is 1440. The molecule has 0 bridgehead atoms. The number of halogens is 1. The van der Waals surface area contributed by atoms with Gasteiger partial charge in [-0.3, -0.25) is 9.69 Å². The number of piperazine rings is 1. The fraction of sp³-hybridized carbons (Fsp3) is 0.308. The molecule has 4 aromatic rings. The number of hydrogen-bond acceptors (Lipinski definition) is 7. The van der Waals surface area contributed by atoms with E-state index in [1.807, 2.05) is 0 Å². The molecule has 2 atom stereocenters. The van der Waals surface area contributed by atoms with E-state index in [0.717, 1.165) is 23.4 Å². The van der Waals surface area contributed by atoms with Crippen molar-refractivity contribution in [3.63, 3.8) is 0 Å². The van der Waals surface area contributed by atoms with Gasteiger partial charge < -0.3 is 13.9 Å². The number of nitrogens with zero attached hydrogens (tertiary/aromatic N) is 6. The van der Waals surface area contributed by atoms with Crippen molar-refractivity contribution in [2.24, 2.45) is 7.05 Å². The number of anilines is 1. The largest absolute Gasteiger partial charge is 0.451 e. The molecule has 1 unspecified atom stereocenters. The minimum atomic E-state index is -0.286. The molecule has 1 aromatic carbocycles. The Morgan fingerprint density at radius 3 is 2.71 bits per heavy atom. The van der Waals surface area contributed by atoms with Gasteiger partial charge in [0.15, 0.2) is 6.39 Å². The van der Waals surface area contributed by atoms with E-state index in [4.69, 9.17) is 4.42 Å². The maximum absolute atomic E-state index is 13.6. The highest BCUT2D eigenvalue weighted by Crippen LogP contribution is 2.33. The molecule has 0 saturated carbocycles. The van der Waals surface area contributed by atoms with Crippen molar-refractivity contribution in [2.45, 2.75) is 25.4 Å². The average Bonchev–Trinajstić information content (AvgIpc) is 3.41. The summed E-state index contributed by atoms with van der Waals surface area (Å²) in [4.78, 5) is 26.3. The molecule has 3 aromatic heterocycles. The van der Waals surface area contributed by atoms with Crippen molar-refractivity contribution in [1.29, 1.82) is 5.26 Å². The number of rotatable bonds is 5. The summed E-state index contributed by atoms with van der Waals surface area (Å²) in [5.74, 6) is -0.286. The van der Waals surface area contributed by atoms with Gasteiger partial charge in [-0.15, -0.1) is 0 Å². The number of benzene rings is 1. The lowest BCUT2D eigenvalue weighted by molar-refractivity contribution is 0.178. The van der Waals surface area contributed by atoms with E-state index in [1.165, 1.54) is 18.5 Å². The third kappa shape index (κ3) is 4.17. The summed E-state index contributed by atoms with van der Waals surface area (Å²) in [6.07, 6.45) is 3.87. The SMILES string of the molecule is CC[C@H]1CN(C(c2ccc(F)cc2)c2cocn2)CCN1c1cc(=O)n(C)c2ccc(C#N)nc12. The highest BCUT2D eigenvalue weighted by Gasteiger charge is 2.34. The van der Waals surface area contributed by atoms with Crippen LogP contribution in [0.4, 0.5) is 10.1 Å². The first kappa shape index (κ1) is 22.7. The van der Waals surface area contributed by atoms with Crippen molar-refractivity contribution in [1.82, 2.24) is 19.4 Å². The lowest BCUT2D eigenvalue weighted by Gasteiger charge is -2.45. The Morgan fingerprint density at radius 2 is 2.03 bits per heavy atom. The molecule has 0 amide bonds. The number of aromatic nitrogens is 3. The van der Waals surface area contributed by atoms with Crippen molar-refractivity contribution < 1.29 is 8.81 Å². The van der Waals surface area contributed by atoms with Crippen LogP contribution in [0.25, 0.3) is 11.0 Å². The summed E-state index contributed by atoms with van der Waals surface area (Å²) in [6, 6.07) is 13.5. The van der Waals surface area contributed by atoms with Crippen LogP contribution in [0.1, 0.15) is 36.3 Å². The molecule has 1 saturated heterocycles. The van der Waals surface area contributed by atoms with Gasteiger partial charge >= 0.3 is 0 Å². The number of oxazole rings is 1. The lowest BCUT2D eigenvalue weighted by atomic mass is 9.98. The average molecular weight is 473 g/mol. The Hall–Kier alpha value is -4.03. The second-order valence-electron chi connectivity index (χ2n) is 8.72. The van der Waals surface area contributed by atoms with Gasteiger partial charge in [-0.25, -0.2) is 14.4 Å². The quantitative estimate of drug-likeness (QED) is 0.438. The summed E-state index contributed by atoms with van der Waals surface area (Å²) < 4.78 is 20.5. The highest BCUT2D eigenvalue weighted by molar-refractivity contribution is 5.89. The molecule has 8 nitrogen and oxygen atoms in total. The number of pyridine rings is 2. The van der Waals surface area contributed by atoms with Crippen molar-refractivity contribution >= 4 is 16.7 Å². The van der Waals surface area contributed by atoms with Crippen LogP contribution in [0.2, 0.25) is 0 Å². The van der Waals surface area contributed by atoms with Gasteiger partial charge in [0.25, 0.3) is 5.56 Å². The van der Waals surface area contributed by atoms with Crippen LogP contribution in [0.5, 0.6) is 0 Å². The van der Waals surface area contributed by atoms with Gasteiger partial charge in [0.1, 0.15) is 35.1 Å². The van der Waals surface area contributed by atoms with E-state index in [9.17, 15) is 14.4 Å². The predicted octanol–water partition coefficient (Wildman–Crippen LogP) is 3.62. The van der Waals surface area contributed by atoms with Gasteiger partial charge in [0.05, 0.1) is 17.2 Å². The van der Waals surface area contributed by atoms with E-state index in [1.54, 1.807) is 48.2 Å². The van der Waals surface area contributed by atoms with Crippen LogP contribution in [0, 0.1) is 17.1 Å². The Labute approximate surface area is 201 Å². The first-order chi connectivity index (χ1) is 17.0. The molecule has 1 aliphatic heterocycles. The molecule has 1 fully saturated rings. The number of aryl methyl sites for hydroxylation is 1. The third-order valence-corrected chi connectivity index (χ3v) is 6.76. The Morgan fingerprint density at radius 1 is 1.23 bits per heavy atom. The van der Waals surface area contributed by atoms with Crippen LogP contribution in [-0.4, -0.2) is 45.1 Å². The zero-order chi connectivity index (χ0) is 24.5. The number of fused-ring (bicyclic) bond motifs is 1.